The Morgan fingerprint density at radius 2 is 1.67 bits per heavy atom. The molecule has 1 amide bonds. The molecule has 0 atom stereocenters. The average Bonchev–Trinajstić information content (AvgIpc) is 2.61. The van der Waals surface area contributed by atoms with Crippen LogP contribution in [0.2, 0.25) is 0 Å². The number of carbonyl (C=O) groups is 1. The zero-order chi connectivity index (χ0) is 19.2. The number of nitrogens with one attached hydrogen (secondary N) is 3. The van der Waals surface area contributed by atoms with Crippen LogP contribution in [-0.4, -0.2) is 15.9 Å². The minimum Gasteiger partial charge on any atom is -0.340 e. The molecule has 6 nitrogen and oxygen atoms in total. The topological polar surface area (TPSA) is 78.9 Å². The summed E-state index contributed by atoms with van der Waals surface area (Å²) in [5.74, 6) is 1.09. The van der Waals surface area contributed by atoms with Crippen LogP contribution in [0.25, 0.3) is 0 Å². The molecule has 3 N–H and O–H groups in total. The largest absolute Gasteiger partial charge is 0.340 e. The molecule has 0 unspecified atom stereocenters. The number of carbonyl (C=O) groups excluding carboxylic acids is 1. The van der Waals surface area contributed by atoms with Crippen LogP contribution in [0.15, 0.2) is 54.6 Å². The lowest BCUT2D eigenvalue weighted by Crippen LogP contribution is -2.06. The van der Waals surface area contributed by atoms with Gasteiger partial charge in [0.15, 0.2) is 0 Å². The van der Waals surface area contributed by atoms with Gasteiger partial charge in [0.05, 0.1) is 0 Å². The number of rotatable bonds is 6. The molecule has 2 aromatic carbocycles. The van der Waals surface area contributed by atoms with Crippen molar-refractivity contribution in [1.29, 1.82) is 0 Å². The molecule has 3 rings (SSSR count). The number of benzene rings is 2. The van der Waals surface area contributed by atoms with Crippen molar-refractivity contribution < 1.29 is 4.79 Å². The van der Waals surface area contributed by atoms with E-state index in [1.54, 1.807) is 0 Å². The molecule has 0 aliphatic heterocycles. The fourth-order valence-corrected chi connectivity index (χ4v) is 2.67. The molecule has 0 fully saturated rings. The molecular weight excluding hydrogens is 338 g/mol. The van der Waals surface area contributed by atoms with Crippen molar-refractivity contribution in [2.75, 3.05) is 16.0 Å². The van der Waals surface area contributed by atoms with Crippen molar-refractivity contribution in [3.63, 3.8) is 0 Å². The highest BCUT2D eigenvalue weighted by Gasteiger charge is 2.05. The molecular formula is C21H23N5O. The summed E-state index contributed by atoms with van der Waals surface area (Å²) in [4.78, 5) is 20.2. The maximum absolute atomic E-state index is 11.2. The first kappa shape index (κ1) is 18.4. The van der Waals surface area contributed by atoms with Gasteiger partial charge in [0.2, 0.25) is 11.9 Å². The third-order valence-electron chi connectivity index (χ3n) is 3.93. The number of hydrogen-bond donors (Lipinski definition) is 3. The number of nitrogens with zero attached hydrogens (tertiary/aromatic N) is 2. The van der Waals surface area contributed by atoms with E-state index in [4.69, 9.17) is 0 Å². The number of aryl methyl sites for hydroxylation is 2. The molecule has 0 spiro atoms. The second-order valence-electron chi connectivity index (χ2n) is 6.28. The summed E-state index contributed by atoms with van der Waals surface area (Å²) < 4.78 is 0. The Morgan fingerprint density at radius 1 is 0.926 bits per heavy atom. The Morgan fingerprint density at radius 3 is 2.37 bits per heavy atom. The lowest BCUT2D eigenvalue weighted by Gasteiger charge is -2.11. The summed E-state index contributed by atoms with van der Waals surface area (Å²) >= 11 is 0. The number of anilines is 5. The van der Waals surface area contributed by atoms with Gasteiger partial charge in [0.25, 0.3) is 0 Å². The van der Waals surface area contributed by atoms with Gasteiger partial charge in [-0.3, -0.25) is 4.79 Å². The second kappa shape index (κ2) is 8.31. The number of amides is 1. The van der Waals surface area contributed by atoms with Crippen molar-refractivity contribution in [3.8, 4) is 0 Å². The number of hydrogen-bond acceptors (Lipinski definition) is 5. The van der Waals surface area contributed by atoms with Gasteiger partial charge < -0.3 is 16.0 Å². The summed E-state index contributed by atoms with van der Waals surface area (Å²) in [6.45, 7) is 5.54. The van der Waals surface area contributed by atoms with E-state index >= 15 is 0 Å². The maximum atomic E-state index is 11.2. The molecule has 3 aromatic rings. The quantitative estimate of drug-likeness (QED) is 0.588. The van der Waals surface area contributed by atoms with Gasteiger partial charge in [-0.25, -0.2) is 4.98 Å². The fraction of sp³-hybridized carbons (Fsp3) is 0.190. The Bertz CT molecular complexity index is 938. The van der Waals surface area contributed by atoms with E-state index in [0.29, 0.717) is 11.8 Å². The Labute approximate surface area is 159 Å². The summed E-state index contributed by atoms with van der Waals surface area (Å²) in [5, 5.41) is 9.26. The van der Waals surface area contributed by atoms with Crippen LogP contribution < -0.4 is 16.0 Å². The molecule has 0 aliphatic rings. The second-order valence-corrected chi connectivity index (χ2v) is 6.28. The summed E-state index contributed by atoms with van der Waals surface area (Å²) in [6.07, 6.45) is 1.01. The number of aromatic nitrogens is 2. The Kier molecular flexibility index (Phi) is 5.66. The molecule has 0 aliphatic carbocycles. The van der Waals surface area contributed by atoms with E-state index in [1.807, 2.05) is 49.4 Å². The van der Waals surface area contributed by atoms with Gasteiger partial charge in [-0.05, 0) is 49.2 Å². The lowest BCUT2D eigenvalue weighted by atomic mass is 10.1. The maximum Gasteiger partial charge on any atom is 0.229 e. The van der Waals surface area contributed by atoms with Crippen LogP contribution in [0.5, 0.6) is 0 Å². The summed E-state index contributed by atoms with van der Waals surface area (Å²) in [7, 11) is 0. The standard InChI is InChI=1S/C21H23N5O/c1-4-16-8-10-17(11-9-16)24-20-12-14(2)22-21(26-20)25-19-7-5-6-18(13-19)23-15(3)27/h5-13H,4H2,1-3H3,(H,23,27)(H2,22,24,25,26). The zero-order valence-electron chi connectivity index (χ0n) is 15.7. The van der Waals surface area contributed by atoms with Crippen molar-refractivity contribution in [3.05, 3.63) is 65.9 Å². The van der Waals surface area contributed by atoms with Crippen molar-refractivity contribution >= 4 is 34.7 Å². The monoisotopic (exact) mass is 361 g/mol. The van der Waals surface area contributed by atoms with Crippen LogP contribution in [0, 0.1) is 6.92 Å². The summed E-state index contributed by atoms with van der Waals surface area (Å²) in [6, 6.07) is 17.6. The molecule has 0 saturated heterocycles. The van der Waals surface area contributed by atoms with Crippen LogP contribution in [0.4, 0.5) is 28.8 Å². The lowest BCUT2D eigenvalue weighted by molar-refractivity contribution is -0.114. The normalized spacial score (nSPS) is 10.3. The van der Waals surface area contributed by atoms with E-state index in [2.05, 4.69) is 45.0 Å². The van der Waals surface area contributed by atoms with E-state index < -0.39 is 0 Å². The van der Waals surface area contributed by atoms with Gasteiger partial charge in [0, 0.05) is 35.7 Å². The van der Waals surface area contributed by atoms with Crippen molar-refractivity contribution in [2.45, 2.75) is 27.2 Å². The van der Waals surface area contributed by atoms with E-state index in [-0.39, 0.29) is 5.91 Å². The SMILES string of the molecule is CCc1ccc(Nc2cc(C)nc(Nc3cccc(NC(C)=O)c3)n2)cc1. The Balaban J connectivity index is 1.77. The van der Waals surface area contributed by atoms with Crippen molar-refractivity contribution in [1.82, 2.24) is 9.97 Å². The predicted molar refractivity (Wildman–Crippen MR) is 110 cm³/mol. The van der Waals surface area contributed by atoms with Gasteiger partial charge in [-0.15, -0.1) is 0 Å². The summed E-state index contributed by atoms with van der Waals surface area (Å²) in [5.41, 5.74) is 4.63. The highest BCUT2D eigenvalue weighted by atomic mass is 16.1. The minimum atomic E-state index is -0.112. The van der Waals surface area contributed by atoms with Gasteiger partial charge in [0.1, 0.15) is 5.82 Å². The smallest absolute Gasteiger partial charge is 0.229 e. The van der Waals surface area contributed by atoms with Crippen LogP contribution in [-0.2, 0) is 11.2 Å². The molecule has 1 aromatic heterocycles. The first-order valence-electron chi connectivity index (χ1n) is 8.88. The molecule has 1 heterocycles. The highest BCUT2D eigenvalue weighted by molar-refractivity contribution is 5.89. The third kappa shape index (κ3) is 5.28. The molecule has 27 heavy (non-hydrogen) atoms. The molecule has 0 saturated carbocycles. The third-order valence-corrected chi connectivity index (χ3v) is 3.93. The van der Waals surface area contributed by atoms with Gasteiger partial charge in [-0.1, -0.05) is 25.1 Å². The molecule has 0 bridgehead atoms. The first-order valence-corrected chi connectivity index (χ1v) is 8.88. The molecule has 6 heteroatoms. The van der Waals surface area contributed by atoms with Crippen molar-refractivity contribution in [2.24, 2.45) is 0 Å². The van der Waals surface area contributed by atoms with E-state index in [9.17, 15) is 4.79 Å². The van der Waals surface area contributed by atoms with E-state index in [0.717, 1.165) is 29.2 Å². The first-order chi connectivity index (χ1) is 13.0. The fourth-order valence-electron chi connectivity index (χ4n) is 2.67. The average molecular weight is 361 g/mol. The van der Waals surface area contributed by atoms with Gasteiger partial charge >= 0.3 is 0 Å². The van der Waals surface area contributed by atoms with E-state index in [1.165, 1.54) is 12.5 Å². The van der Waals surface area contributed by atoms with Crippen LogP contribution in [0.3, 0.4) is 0 Å². The predicted octanol–water partition coefficient (Wildman–Crippen LogP) is 4.79. The molecule has 138 valence electrons. The minimum absolute atomic E-state index is 0.112. The zero-order valence-corrected chi connectivity index (χ0v) is 15.7. The molecule has 0 radical (unpaired) electrons. The van der Waals surface area contributed by atoms with Gasteiger partial charge in [-0.2, -0.15) is 4.98 Å². The highest BCUT2D eigenvalue weighted by Crippen LogP contribution is 2.21. The Hall–Kier alpha value is -3.41. The van der Waals surface area contributed by atoms with Crippen LogP contribution >= 0.6 is 0 Å². The van der Waals surface area contributed by atoms with Crippen LogP contribution in [0.1, 0.15) is 25.1 Å².